The summed E-state index contributed by atoms with van der Waals surface area (Å²) >= 11 is 0. The molecule has 2 N–H and O–H groups in total. The van der Waals surface area contributed by atoms with Crippen LogP contribution in [0.1, 0.15) is 0 Å². The number of rotatable bonds is 2. The van der Waals surface area contributed by atoms with Crippen molar-refractivity contribution in [2.45, 2.75) is 0 Å². The summed E-state index contributed by atoms with van der Waals surface area (Å²) in [5.41, 5.74) is 0.533. The van der Waals surface area contributed by atoms with Gasteiger partial charge in [-0.1, -0.05) is 0 Å². The predicted molar refractivity (Wildman–Crippen MR) is 54.2 cm³/mol. The number of hydrogen-bond acceptors (Lipinski definition) is 5. The van der Waals surface area contributed by atoms with Crippen molar-refractivity contribution in [1.29, 1.82) is 0 Å². The number of aromatic nitrogens is 4. The molecule has 0 aliphatic rings. The Kier molecular flexibility index (Phi) is 5.21. The first-order valence-corrected chi connectivity index (χ1v) is 4.32. The molecule has 7 heteroatoms. The Morgan fingerprint density at radius 2 is 2.38 bits per heavy atom. The summed E-state index contributed by atoms with van der Waals surface area (Å²) in [6.45, 7) is 0. The Morgan fingerprint density at radius 3 is 3.06 bits per heavy atom. The monoisotopic (exact) mass is 290 g/mol. The molecule has 2 rings (SSSR count). The van der Waals surface area contributed by atoms with Crippen LogP contribution in [-0.4, -0.2) is 27.0 Å². The van der Waals surface area contributed by atoms with Crippen molar-refractivity contribution in [3.8, 4) is 0 Å². The summed E-state index contributed by atoms with van der Waals surface area (Å²) in [4.78, 5) is 18.7. The van der Waals surface area contributed by atoms with Crippen LogP contribution >= 0.6 is 0 Å². The first-order chi connectivity index (χ1) is 7.38. The number of aromatic amines is 1. The van der Waals surface area contributed by atoms with Crippen molar-refractivity contribution in [2.75, 3.05) is 12.4 Å². The molecule has 0 saturated heterocycles. The second-order valence-corrected chi connectivity index (χ2v) is 2.66. The maximum Gasteiger partial charge on any atom is 0.218 e. The van der Waals surface area contributed by atoms with Gasteiger partial charge in [-0.05, 0) is 11.9 Å². The van der Waals surface area contributed by atoms with E-state index in [1.54, 1.807) is 25.5 Å². The molecule has 0 aliphatic heterocycles. The van der Waals surface area contributed by atoms with Gasteiger partial charge < -0.3 is 16.4 Å². The number of hydrogen-bond donors (Lipinski definition) is 2. The van der Waals surface area contributed by atoms with E-state index in [0.29, 0.717) is 17.3 Å². The zero-order chi connectivity index (χ0) is 10.5. The van der Waals surface area contributed by atoms with Gasteiger partial charge in [-0.3, -0.25) is 4.99 Å². The first kappa shape index (κ1) is 12.9. The van der Waals surface area contributed by atoms with Crippen molar-refractivity contribution in [2.24, 2.45) is 4.99 Å². The smallest absolute Gasteiger partial charge is 0.218 e. The van der Waals surface area contributed by atoms with Gasteiger partial charge in [0.05, 0.1) is 0 Å². The molecule has 6 nitrogen and oxygen atoms in total. The van der Waals surface area contributed by atoms with Crippen LogP contribution < -0.4 is 10.9 Å². The Balaban J connectivity index is 0.00000128. The van der Waals surface area contributed by atoms with E-state index in [1.807, 2.05) is 0 Å². The van der Waals surface area contributed by atoms with Gasteiger partial charge in [-0.2, -0.15) is 6.20 Å². The fourth-order valence-electron chi connectivity index (χ4n) is 1.00. The second kappa shape index (κ2) is 6.45. The van der Waals surface area contributed by atoms with Crippen molar-refractivity contribution in [1.82, 2.24) is 19.9 Å². The summed E-state index contributed by atoms with van der Waals surface area (Å²) in [5.74, 6) is 1.23. The Hall–Kier alpha value is -1.14. The Morgan fingerprint density at radius 1 is 1.50 bits per heavy atom. The van der Waals surface area contributed by atoms with E-state index < -0.39 is 0 Å². The van der Waals surface area contributed by atoms with Crippen LogP contribution in [0, 0.1) is 6.07 Å². The number of nitrogens with zero attached hydrogens (tertiary/aromatic N) is 4. The molecular formula is C9H9N6Y-. The van der Waals surface area contributed by atoms with Gasteiger partial charge in [0.2, 0.25) is 5.62 Å². The first-order valence-electron chi connectivity index (χ1n) is 4.32. The van der Waals surface area contributed by atoms with Gasteiger partial charge in [-0.15, -0.1) is 0 Å². The molecule has 2 heterocycles. The summed E-state index contributed by atoms with van der Waals surface area (Å²) < 4.78 is 0. The van der Waals surface area contributed by atoms with Gasteiger partial charge in [0.25, 0.3) is 0 Å². The Labute approximate surface area is 118 Å². The van der Waals surface area contributed by atoms with E-state index in [2.05, 4.69) is 36.3 Å². The number of H-pyrrole nitrogens is 1. The molecule has 0 bridgehead atoms. The summed E-state index contributed by atoms with van der Waals surface area (Å²) in [6, 6.07) is 4.64. The molecule has 2 aromatic rings. The number of anilines is 2. The average molecular weight is 290 g/mol. The van der Waals surface area contributed by atoms with Crippen molar-refractivity contribution < 1.29 is 32.7 Å². The van der Waals surface area contributed by atoms with Crippen LogP contribution in [0.2, 0.25) is 0 Å². The van der Waals surface area contributed by atoms with E-state index in [0.717, 1.165) is 0 Å². The van der Waals surface area contributed by atoms with Crippen molar-refractivity contribution >= 4 is 11.6 Å². The second-order valence-electron chi connectivity index (χ2n) is 2.66. The van der Waals surface area contributed by atoms with Crippen LogP contribution in [0.3, 0.4) is 0 Å². The minimum atomic E-state index is 0. The largest absolute Gasteiger partial charge is 0.410 e. The minimum absolute atomic E-state index is 0. The molecule has 2 aromatic heterocycles. The fraction of sp³-hybridized carbons (Fsp3) is 0.111. The molecule has 0 spiro atoms. The van der Waals surface area contributed by atoms with Gasteiger partial charge in [-0.25, -0.2) is 15.0 Å². The molecular weight excluding hydrogens is 281 g/mol. The maximum absolute atomic E-state index is 4.14. The quantitative estimate of drug-likeness (QED) is 0.778. The molecule has 16 heavy (non-hydrogen) atoms. The summed E-state index contributed by atoms with van der Waals surface area (Å²) in [5, 5.41) is 2.98. The molecule has 0 fully saturated rings. The van der Waals surface area contributed by atoms with E-state index in [4.69, 9.17) is 0 Å². The van der Waals surface area contributed by atoms with Crippen LogP contribution in [0.15, 0.2) is 29.8 Å². The molecule has 0 aliphatic carbocycles. The molecule has 1 radical (unpaired) electrons. The van der Waals surface area contributed by atoms with Crippen LogP contribution in [0.4, 0.5) is 11.6 Å². The average Bonchev–Trinajstić information content (AvgIpc) is 2.31. The molecule has 79 valence electrons. The molecule has 0 atom stereocenters. The Bertz CT molecular complexity index is 495. The molecule has 0 unspecified atom stereocenters. The standard InChI is InChI=1S/C9H9N6.Y/c1-10-9-12-5-3-8(15-9)14-7-2-4-11-6-13-7;/h2,4-6H,1H3,(H2,10,11,12,13,14,15);/q-1;. The van der Waals surface area contributed by atoms with Gasteiger partial charge >= 0.3 is 0 Å². The zero-order valence-electron chi connectivity index (χ0n) is 8.68. The van der Waals surface area contributed by atoms with Crippen LogP contribution in [-0.2, 0) is 32.7 Å². The molecule has 0 amide bonds. The molecule has 0 aromatic carbocycles. The predicted octanol–water partition coefficient (Wildman–Crippen LogP) is 0.271. The van der Waals surface area contributed by atoms with Gasteiger partial charge in [0, 0.05) is 46.0 Å². The van der Waals surface area contributed by atoms with E-state index in [1.165, 1.54) is 6.33 Å². The zero-order valence-corrected chi connectivity index (χ0v) is 11.5. The van der Waals surface area contributed by atoms with Crippen molar-refractivity contribution in [3.05, 3.63) is 36.5 Å². The van der Waals surface area contributed by atoms with Gasteiger partial charge in [0.1, 0.15) is 12.1 Å². The topological polar surface area (TPSA) is 78.8 Å². The molecule has 0 saturated carbocycles. The number of nitrogens with one attached hydrogen (secondary N) is 2. The van der Waals surface area contributed by atoms with Crippen LogP contribution in [0.5, 0.6) is 0 Å². The SMILES string of the molecule is CN=c1nc(Nc2ccncn2)[c-]c[nH]1.[Y]. The third-order valence-corrected chi connectivity index (χ3v) is 1.67. The third-order valence-electron chi connectivity index (χ3n) is 1.67. The van der Waals surface area contributed by atoms with Gasteiger partial charge in [0.15, 0.2) is 0 Å². The normalized spacial score (nSPS) is 10.7. The van der Waals surface area contributed by atoms with Crippen LogP contribution in [0.25, 0.3) is 0 Å². The minimum Gasteiger partial charge on any atom is -0.410 e. The fourth-order valence-corrected chi connectivity index (χ4v) is 1.00. The van der Waals surface area contributed by atoms with E-state index >= 15 is 0 Å². The summed E-state index contributed by atoms with van der Waals surface area (Å²) in [6.07, 6.45) is 4.75. The van der Waals surface area contributed by atoms with E-state index in [-0.39, 0.29) is 32.7 Å². The third kappa shape index (κ3) is 3.46. The maximum atomic E-state index is 4.14. The summed E-state index contributed by atoms with van der Waals surface area (Å²) in [7, 11) is 1.66. The van der Waals surface area contributed by atoms with Crippen molar-refractivity contribution in [3.63, 3.8) is 0 Å². The van der Waals surface area contributed by atoms with E-state index in [9.17, 15) is 0 Å².